The Morgan fingerprint density at radius 1 is 0.963 bits per heavy atom. The molecular formula is C20H31N5O2. The van der Waals surface area contributed by atoms with Crippen molar-refractivity contribution in [3.63, 3.8) is 0 Å². The molecule has 1 saturated carbocycles. The fourth-order valence-corrected chi connectivity index (χ4v) is 4.37. The van der Waals surface area contributed by atoms with Crippen LogP contribution in [0, 0.1) is 12.8 Å². The number of nitrogens with zero attached hydrogens (tertiary/aromatic N) is 5. The van der Waals surface area contributed by atoms with Crippen LogP contribution in [0.4, 0.5) is 11.8 Å². The molecule has 1 aromatic rings. The third kappa shape index (κ3) is 4.34. The van der Waals surface area contributed by atoms with Crippen LogP contribution >= 0.6 is 0 Å². The molecule has 27 heavy (non-hydrogen) atoms. The molecule has 1 aromatic heterocycles. The molecule has 4 rings (SSSR count). The van der Waals surface area contributed by atoms with Gasteiger partial charge in [-0.3, -0.25) is 4.79 Å². The van der Waals surface area contributed by atoms with E-state index in [1.807, 2.05) is 6.92 Å². The predicted octanol–water partition coefficient (Wildman–Crippen LogP) is 1.85. The molecule has 3 aliphatic rings. The molecule has 3 fully saturated rings. The summed E-state index contributed by atoms with van der Waals surface area (Å²) in [4.78, 5) is 28.8. The molecule has 3 heterocycles. The molecule has 1 amide bonds. The van der Waals surface area contributed by atoms with E-state index < -0.39 is 0 Å². The van der Waals surface area contributed by atoms with Crippen LogP contribution in [0.15, 0.2) is 6.07 Å². The van der Waals surface area contributed by atoms with Gasteiger partial charge in [0.2, 0.25) is 11.9 Å². The van der Waals surface area contributed by atoms with Gasteiger partial charge in [-0.05, 0) is 19.8 Å². The van der Waals surface area contributed by atoms with Crippen molar-refractivity contribution in [2.75, 3.05) is 62.3 Å². The Balaban J connectivity index is 1.39. The molecule has 0 N–H and O–H groups in total. The first-order valence-electron chi connectivity index (χ1n) is 10.4. The number of hydrogen-bond acceptors (Lipinski definition) is 6. The summed E-state index contributed by atoms with van der Waals surface area (Å²) >= 11 is 0. The molecule has 7 nitrogen and oxygen atoms in total. The lowest BCUT2D eigenvalue weighted by Gasteiger charge is -2.37. The van der Waals surface area contributed by atoms with Crippen molar-refractivity contribution >= 4 is 17.7 Å². The SMILES string of the molecule is Cc1cc(N2CCOCC2)nc(N2CCN(C(=O)C3CCCCC3)CC2)n1. The molecule has 7 heteroatoms. The summed E-state index contributed by atoms with van der Waals surface area (Å²) in [7, 11) is 0. The number of carbonyl (C=O) groups excluding carboxylic acids is 1. The highest BCUT2D eigenvalue weighted by atomic mass is 16.5. The first-order chi connectivity index (χ1) is 13.2. The van der Waals surface area contributed by atoms with Crippen molar-refractivity contribution in [1.29, 1.82) is 0 Å². The van der Waals surface area contributed by atoms with Crippen LogP contribution in [0.3, 0.4) is 0 Å². The lowest BCUT2D eigenvalue weighted by atomic mass is 9.88. The van der Waals surface area contributed by atoms with Gasteiger partial charge in [0.1, 0.15) is 5.82 Å². The number of hydrogen-bond donors (Lipinski definition) is 0. The van der Waals surface area contributed by atoms with Crippen LogP contribution in [-0.4, -0.2) is 73.3 Å². The van der Waals surface area contributed by atoms with E-state index in [0.29, 0.717) is 5.91 Å². The lowest BCUT2D eigenvalue weighted by molar-refractivity contribution is -0.136. The van der Waals surface area contributed by atoms with Crippen molar-refractivity contribution < 1.29 is 9.53 Å². The predicted molar refractivity (Wildman–Crippen MR) is 105 cm³/mol. The van der Waals surface area contributed by atoms with Crippen LogP contribution in [0.1, 0.15) is 37.8 Å². The van der Waals surface area contributed by atoms with E-state index >= 15 is 0 Å². The topological polar surface area (TPSA) is 61.8 Å². The van der Waals surface area contributed by atoms with Crippen LogP contribution in [0.2, 0.25) is 0 Å². The maximum atomic E-state index is 12.8. The van der Waals surface area contributed by atoms with Gasteiger partial charge in [0.05, 0.1) is 13.2 Å². The number of morpholine rings is 1. The zero-order valence-corrected chi connectivity index (χ0v) is 16.4. The van der Waals surface area contributed by atoms with E-state index in [2.05, 4.69) is 25.8 Å². The van der Waals surface area contributed by atoms with Gasteiger partial charge in [-0.25, -0.2) is 4.98 Å². The maximum Gasteiger partial charge on any atom is 0.227 e. The smallest absolute Gasteiger partial charge is 0.227 e. The molecule has 0 aromatic carbocycles. The van der Waals surface area contributed by atoms with E-state index in [1.165, 1.54) is 19.3 Å². The zero-order chi connectivity index (χ0) is 18.6. The molecule has 2 saturated heterocycles. The summed E-state index contributed by atoms with van der Waals surface area (Å²) in [5, 5.41) is 0. The number of aromatic nitrogens is 2. The normalized spacial score (nSPS) is 22.2. The molecule has 1 aliphatic carbocycles. The number of anilines is 2. The van der Waals surface area contributed by atoms with E-state index in [0.717, 1.165) is 82.8 Å². The highest BCUT2D eigenvalue weighted by Crippen LogP contribution is 2.26. The van der Waals surface area contributed by atoms with Crippen LogP contribution in [-0.2, 0) is 9.53 Å². The molecule has 0 spiro atoms. The van der Waals surface area contributed by atoms with Gasteiger partial charge < -0.3 is 19.4 Å². The number of rotatable bonds is 3. The summed E-state index contributed by atoms with van der Waals surface area (Å²) < 4.78 is 5.45. The first-order valence-corrected chi connectivity index (χ1v) is 10.4. The monoisotopic (exact) mass is 373 g/mol. The third-order valence-corrected chi connectivity index (χ3v) is 5.99. The summed E-state index contributed by atoms with van der Waals surface area (Å²) in [6.45, 7) is 8.45. The zero-order valence-electron chi connectivity index (χ0n) is 16.4. The molecule has 0 radical (unpaired) electrons. The fourth-order valence-electron chi connectivity index (χ4n) is 4.37. The minimum Gasteiger partial charge on any atom is -0.378 e. The van der Waals surface area contributed by atoms with Crippen molar-refractivity contribution in [2.45, 2.75) is 39.0 Å². The summed E-state index contributed by atoms with van der Waals surface area (Å²) in [6.07, 6.45) is 5.84. The summed E-state index contributed by atoms with van der Waals surface area (Å²) in [5.41, 5.74) is 0.988. The standard InChI is InChI=1S/C20H31N5O2/c1-16-15-18(23-11-13-27-14-12-23)22-20(21-16)25-9-7-24(8-10-25)19(26)17-5-3-2-4-6-17/h15,17H,2-14H2,1H3. The number of ether oxygens (including phenoxy) is 1. The quantitative estimate of drug-likeness (QED) is 0.806. The molecule has 0 unspecified atom stereocenters. The maximum absolute atomic E-state index is 12.8. The molecule has 0 atom stereocenters. The Morgan fingerprint density at radius 2 is 1.67 bits per heavy atom. The van der Waals surface area contributed by atoms with Gasteiger partial charge in [0.15, 0.2) is 0 Å². The molecule has 148 valence electrons. The van der Waals surface area contributed by atoms with E-state index in [9.17, 15) is 4.79 Å². The Labute approximate surface area is 161 Å². The van der Waals surface area contributed by atoms with Gasteiger partial charge in [-0.1, -0.05) is 19.3 Å². The number of piperazine rings is 1. The lowest BCUT2D eigenvalue weighted by Crippen LogP contribution is -2.51. The molecule has 0 bridgehead atoms. The highest BCUT2D eigenvalue weighted by Gasteiger charge is 2.29. The minimum absolute atomic E-state index is 0.258. The summed E-state index contributed by atoms with van der Waals surface area (Å²) in [5.74, 6) is 2.41. The van der Waals surface area contributed by atoms with E-state index in [4.69, 9.17) is 9.72 Å². The van der Waals surface area contributed by atoms with Gasteiger partial charge in [0, 0.05) is 56.9 Å². The largest absolute Gasteiger partial charge is 0.378 e. The van der Waals surface area contributed by atoms with Gasteiger partial charge >= 0.3 is 0 Å². The second kappa shape index (κ2) is 8.42. The van der Waals surface area contributed by atoms with E-state index in [1.54, 1.807) is 0 Å². The van der Waals surface area contributed by atoms with Crippen LogP contribution in [0.25, 0.3) is 0 Å². The van der Waals surface area contributed by atoms with Crippen molar-refractivity contribution in [3.05, 3.63) is 11.8 Å². The van der Waals surface area contributed by atoms with Gasteiger partial charge in [-0.2, -0.15) is 4.98 Å². The Bertz CT molecular complexity index is 648. The Hall–Kier alpha value is -1.89. The number of amides is 1. The summed E-state index contributed by atoms with van der Waals surface area (Å²) in [6, 6.07) is 2.05. The second-order valence-electron chi connectivity index (χ2n) is 7.91. The van der Waals surface area contributed by atoms with Gasteiger partial charge in [0.25, 0.3) is 0 Å². The van der Waals surface area contributed by atoms with E-state index in [-0.39, 0.29) is 5.92 Å². The Morgan fingerprint density at radius 3 is 2.37 bits per heavy atom. The number of aryl methyl sites for hydroxylation is 1. The highest BCUT2D eigenvalue weighted by molar-refractivity contribution is 5.79. The fraction of sp³-hybridized carbons (Fsp3) is 0.750. The van der Waals surface area contributed by atoms with Crippen molar-refractivity contribution in [1.82, 2.24) is 14.9 Å². The second-order valence-corrected chi connectivity index (χ2v) is 7.91. The van der Waals surface area contributed by atoms with Crippen LogP contribution in [0.5, 0.6) is 0 Å². The Kier molecular flexibility index (Phi) is 5.76. The van der Waals surface area contributed by atoms with Crippen molar-refractivity contribution in [2.24, 2.45) is 5.92 Å². The molecule has 2 aliphatic heterocycles. The third-order valence-electron chi connectivity index (χ3n) is 5.99. The van der Waals surface area contributed by atoms with Crippen LogP contribution < -0.4 is 9.80 Å². The molecular weight excluding hydrogens is 342 g/mol. The minimum atomic E-state index is 0.258. The van der Waals surface area contributed by atoms with Gasteiger partial charge in [-0.15, -0.1) is 0 Å². The number of carbonyl (C=O) groups is 1. The van der Waals surface area contributed by atoms with Crippen molar-refractivity contribution in [3.8, 4) is 0 Å². The average molecular weight is 374 g/mol. The average Bonchev–Trinajstić information content (AvgIpc) is 2.74. The first kappa shape index (κ1) is 18.5.